The molecule has 0 spiro atoms. The van der Waals surface area contributed by atoms with Gasteiger partial charge >= 0.3 is 6.18 Å². The second kappa shape index (κ2) is 11.2. The van der Waals surface area contributed by atoms with Crippen molar-refractivity contribution in [1.82, 2.24) is 14.9 Å². The number of likely N-dealkylation sites (tertiary alicyclic amines) is 1. The standard InChI is InChI=1S/C33H24Cl3F3N4O5/c1-42-28(45)19-8-7-18-20(25(19)30(42)47)12-22-29(46)43(41-27-23(36)10-15(13-40-27)33(37,38)39)31(48)32(22,14-2-4-16(34)5-3-14)26(18)21-11-17(35)6-9-24(21)44/h2-7,9-11,13,19-20,22,25-26,44H,8,12H2,1H3,(H,40,41)/t19-,20+,22-,25-,26+,32+/m0/s1. The zero-order valence-corrected chi connectivity index (χ0v) is 27.0. The largest absolute Gasteiger partial charge is 0.508 e. The third kappa shape index (κ3) is 4.63. The summed E-state index contributed by atoms with van der Waals surface area (Å²) in [5.74, 6) is -7.45. The number of hydrogen-bond acceptors (Lipinski definition) is 7. The number of allylic oxidation sites excluding steroid dienone is 2. The molecule has 0 unspecified atom stereocenters. The Balaban J connectivity index is 1.46. The number of rotatable bonds is 4. The van der Waals surface area contributed by atoms with E-state index in [0.717, 1.165) is 4.90 Å². The average molecular weight is 720 g/mol. The van der Waals surface area contributed by atoms with Gasteiger partial charge in [0, 0.05) is 34.8 Å². The van der Waals surface area contributed by atoms with Gasteiger partial charge in [0.1, 0.15) is 5.75 Å². The molecule has 3 aromatic rings. The Labute approximate surface area is 286 Å². The number of amides is 4. The van der Waals surface area contributed by atoms with Crippen molar-refractivity contribution in [1.29, 1.82) is 0 Å². The molecule has 9 nitrogen and oxygen atoms in total. The lowest BCUT2D eigenvalue weighted by molar-refractivity contribution is -0.140. The number of carbonyl (C=O) groups excluding carboxylic acids is 4. The van der Waals surface area contributed by atoms with Crippen molar-refractivity contribution in [3.05, 3.63) is 98.1 Å². The van der Waals surface area contributed by atoms with Crippen LogP contribution in [0.4, 0.5) is 19.0 Å². The van der Waals surface area contributed by atoms with Gasteiger partial charge in [-0.05, 0) is 60.7 Å². The summed E-state index contributed by atoms with van der Waals surface area (Å²) in [7, 11) is 1.40. The smallest absolute Gasteiger partial charge is 0.417 e. The molecule has 0 bridgehead atoms. The fourth-order valence-electron chi connectivity index (χ4n) is 8.04. The minimum atomic E-state index is -4.75. The van der Waals surface area contributed by atoms with Crippen molar-refractivity contribution in [2.75, 3.05) is 12.5 Å². The average Bonchev–Trinajstić information content (AvgIpc) is 3.39. The Morgan fingerprint density at radius 2 is 1.62 bits per heavy atom. The number of phenols is 1. The molecule has 2 aliphatic heterocycles. The predicted molar refractivity (Wildman–Crippen MR) is 168 cm³/mol. The van der Waals surface area contributed by atoms with Crippen LogP contribution in [0.25, 0.3) is 0 Å². The third-order valence-electron chi connectivity index (χ3n) is 10.1. The Morgan fingerprint density at radius 3 is 2.29 bits per heavy atom. The highest BCUT2D eigenvalue weighted by Crippen LogP contribution is 2.65. The van der Waals surface area contributed by atoms with E-state index in [9.17, 15) is 32.7 Å². The van der Waals surface area contributed by atoms with Gasteiger partial charge in [-0.25, -0.2) is 4.98 Å². The first-order valence-electron chi connectivity index (χ1n) is 14.8. The number of alkyl halides is 3. The van der Waals surface area contributed by atoms with Crippen LogP contribution in [0.15, 0.2) is 66.4 Å². The van der Waals surface area contributed by atoms with Crippen LogP contribution in [-0.2, 0) is 30.8 Å². The number of hydrazine groups is 1. The summed E-state index contributed by atoms with van der Waals surface area (Å²) >= 11 is 18.9. The van der Waals surface area contributed by atoms with Gasteiger partial charge < -0.3 is 5.11 Å². The summed E-state index contributed by atoms with van der Waals surface area (Å²) in [5, 5.41) is 12.1. The van der Waals surface area contributed by atoms with Gasteiger partial charge in [-0.3, -0.25) is 29.5 Å². The van der Waals surface area contributed by atoms with Crippen LogP contribution in [0.1, 0.15) is 35.4 Å². The summed E-state index contributed by atoms with van der Waals surface area (Å²) in [5.41, 5.74) is 0.764. The first kappa shape index (κ1) is 32.4. The van der Waals surface area contributed by atoms with Crippen LogP contribution in [0.2, 0.25) is 15.1 Å². The Morgan fingerprint density at radius 1 is 0.938 bits per heavy atom. The Hall–Kier alpha value is -4.13. The van der Waals surface area contributed by atoms with Crippen molar-refractivity contribution in [2.45, 2.75) is 30.4 Å². The number of nitrogens with one attached hydrogen (secondary N) is 1. The van der Waals surface area contributed by atoms with Gasteiger partial charge in [0.05, 0.1) is 33.8 Å². The summed E-state index contributed by atoms with van der Waals surface area (Å²) in [4.78, 5) is 61.1. The molecule has 2 saturated heterocycles. The molecule has 3 fully saturated rings. The molecule has 6 atom stereocenters. The number of halogens is 6. The minimum Gasteiger partial charge on any atom is -0.508 e. The number of pyridine rings is 1. The Kier molecular flexibility index (Phi) is 7.57. The lowest BCUT2D eigenvalue weighted by Gasteiger charge is -2.50. The number of fused-ring (bicyclic) bond motifs is 4. The molecule has 15 heteroatoms. The van der Waals surface area contributed by atoms with Crippen molar-refractivity contribution in [3.8, 4) is 5.75 Å². The van der Waals surface area contributed by atoms with Gasteiger partial charge in [-0.1, -0.05) is 58.6 Å². The maximum atomic E-state index is 15.0. The van der Waals surface area contributed by atoms with Crippen LogP contribution >= 0.6 is 34.8 Å². The van der Waals surface area contributed by atoms with E-state index in [0.29, 0.717) is 33.4 Å². The SMILES string of the molecule is CN1C(=O)[C@H]2[C@H](CC=C3[C@H]2C[C@H]2C(=O)N(Nc4ncc(C(F)(F)F)cc4Cl)C(=O)[C@@]2(c2ccc(Cl)cc2)[C@H]3c2cc(Cl)ccc2O)C1=O. The third-order valence-corrected chi connectivity index (χ3v) is 10.9. The van der Waals surface area contributed by atoms with Crippen molar-refractivity contribution in [3.63, 3.8) is 0 Å². The molecule has 2 aliphatic carbocycles. The van der Waals surface area contributed by atoms with Crippen molar-refractivity contribution in [2.24, 2.45) is 23.7 Å². The molecule has 0 radical (unpaired) electrons. The number of aromatic nitrogens is 1. The van der Waals surface area contributed by atoms with Crippen LogP contribution in [0.3, 0.4) is 0 Å². The van der Waals surface area contributed by atoms with E-state index in [2.05, 4.69) is 10.4 Å². The van der Waals surface area contributed by atoms with E-state index in [1.54, 1.807) is 30.3 Å². The van der Waals surface area contributed by atoms with Gasteiger partial charge in [0.2, 0.25) is 11.8 Å². The van der Waals surface area contributed by atoms with Crippen molar-refractivity contribution >= 4 is 64.2 Å². The number of imide groups is 2. The number of aromatic hydroxyl groups is 1. The summed E-state index contributed by atoms with van der Waals surface area (Å²) in [6, 6.07) is 11.2. The molecule has 48 heavy (non-hydrogen) atoms. The molecule has 1 saturated carbocycles. The number of phenolic OH excluding ortho intramolecular Hbond substituents is 1. The number of carbonyl (C=O) groups is 4. The zero-order chi connectivity index (χ0) is 34.4. The summed E-state index contributed by atoms with van der Waals surface area (Å²) in [6.07, 6.45) is -2.29. The number of anilines is 1. The maximum absolute atomic E-state index is 15.0. The highest BCUT2D eigenvalue weighted by atomic mass is 35.5. The monoisotopic (exact) mass is 718 g/mol. The fraction of sp³-hybridized carbons (Fsp3) is 0.303. The van der Waals surface area contributed by atoms with E-state index in [1.807, 2.05) is 0 Å². The highest BCUT2D eigenvalue weighted by Gasteiger charge is 2.70. The second-order valence-corrected chi connectivity index (χ2v) is 13.6. The molecule has 3 heterocycles. The van der Waals surface area contributed by atoms with E-state index in [-0.39, 0.29) is 40.9 Å². The zero-order valence-electron chi connectivity index (χ0n) is 24.8. The molecule has 4 aliphatic rings. The first-order chi connectivity index (χ1) is 22.7. The molecule has 4 amide bonds. The summed E-state index contributed by atoms with van der Waals surface area (Å²) < 4.78 is 40.0. The topological polar surface area (TPSA) is 120 Å². The van der Waals surface area contributed by atoms with Gasteiger partial charge in [0.15, 0.2) is 5.82 Å². The molecule has 1 aromatic heterocycles. The van der Waals surface area contributed by atoms with Crippen LogP contribution < -0.4 is 5.43 Å². The molecular weight excluding hydrogens is 696 g/mol. The lowest BCUT2D eigenvalue weighted by Crippen LogP contribution is -2.53. The number of hydrogen-bond donors (Lipinski definition) is 2. The second-order valence-electron chi connectivity index (χ2n) is 12.4. The number of nitrogens with zero attached hydrogens (tertiary/aromatic N) is 3. The van der Waals surface area contributed by atoms with E-state index < -0.39 is 69.5 Å². The van der Waals surface area contributed by atoms with Crippen LogP contribution in [-0.4, -0.2) is 50.7 Å². The molecule has 7 rings (SSSR count). The first-order valence-corrected chi connectivity index (χ1v) is 15.9. The van der Waals surface area contributed by atoms with Crippen LogP contribution in [0, 0.1) is 23.7 Å². The molecular formula is C33H24Cl3F3N4O5. The lowest BCUT2D eigenvalue weighted by atomic mass is 9.49. The summed E-state index contributed by atoms with van der Waals surface area (Å²) in [6.45, 7) is 0. The van der Waals surface area contributed by atoms with Gasteiger partial charge in [-0.2, -0.15) is 18.2 Å². The quantitative estimate of drug-likeness (QED) is 0.237. The Bertz CT molecular complexity index is 1960. The molecule has 2 N–H and O–H groups in total. The number of benzene rings is 2. The van der Waals surface area contributed by atoms with Crippen LogP contribution in [0.5, 0.6) is 5.75 Å². The highest BCUT2D eigenvalue weighted by molar-refractivity contribution is 6.33. The van der Waals surface area contributed by atoms with Gasteiger partial charge in [0.25, 0.3) is 11.8 Å². The molecule has 2 aromatic carbocycles. The maximum Gasteiger partial charge on any atom is 0.417 e. The van der Waals surface area contributed by atoms with E-state index in [4.69, 9.17) is 34.8 Å². The predicted octanol–water partition coefficient (Wildman–Crippen LogP) is 6.38. The molecule has 248 valence electrons. The minimum absolute atomic E-state index is 0.0444. The normalized spacial score (nSPS) is 28.3. The van der Waals surface area contributed by atoms with E-state index in [1.165, 1.54) is 25.2 Å². The fourth-order valence-corrected chi connectivity index (χ4v) is 8.56. The van der Waals surface area contributed by atoms with Gasteiger partial charge in [-0.15, -0.1) is 0 Å². The van der Waals surface area contributed by atoms with E-state index >= 15 is 4.79 Å². The van der Waals surface area contributed by atoms with Crippen molar-refractivity contribution < 1.29 is 37.5 Å².